The number of nitrogens with zero attached hydrogens (tertiary/aromatic N) is 4. The summed E-state index contributed by atoms with van der Waals surface area (Å²) in [6.07, 6.45) is 8.12. The Kier molecular flexibility index (Phi) is 7.70. The highest BCUT2D eigenvalue weighted by atomic mass is 32.2. The third kappa shape index (κ3) is 5.55. The molecule has 0 aromatic heterocycles. The largest absolute Gasteiger partial charge is 0.301 e. The smallest absolute Gasteiger partial charge is 0.297 e. The van der Waals surface area contributed by atoms with Gasteiger partial charge < -0.3 is 0 Å². The molecule has 214 valence electrons. The molecule has 0 amide bonds. The van der Waals surface area contributed by atoms with Crippen molar-refractivity contribution < 1.29 is 13.0 Å². The van der Waals surface area contributed by atoms with Crippen molar-refractivity contribution in [3.63, 3.8) is 0 Å². The van der Waals surface area contributed by atoms with Crippen molar-refractivity contribution >= 4 is 33.4 Å². The lowest BCUT2D eigenvalue weighted by atomic mass is 9.78. The lowest BCUT2D eigenvalue weighted by Gasteiger charge is -2.41. The molecule has 3 aliphatic heterocycles. The molecule has 0 saturated carbocycles. The van der Waals surface area contributed by atoms with Crippen molar-refractivity contribution in [2.75, 3.05) is 20.1 Å². The number of rotatable bonds is 9. The normalized spacial score (nSPS) is 24.8. The van der Waals surface area contributed by atoms with Crippen LogP contribution in [-0.4, -0.2) is 66.5 Å². The first-order chi connectivity index (χ1) is 19.7. The maximum Gasteiger partial charge on any atom is 0.301 e. The third-order valence-corrected chi connectivity index (χ3v) is 11.3. The van der Waals surface area contributed by atoms with Gasteiger partial charge in [0.15, 0.2) is 5.69 Å². The van der Waals surface area contributed by atoms with Crippen molar-refractivity contribution in [2.45, 2.75) is 68.3 Å². The van der Waals surface area contributed by atoms with E-state index in [1.165, 1.54) is 24.1 Å². The van der Waals surface area contributed by atoms with Gasteiger partial charge in [0.25, 0.3) is 0 Å². The molecule has 3 unspecified atom stereocenters. The number of fused-ring (bicyclic) bond motifs is 3. The minimum Gasteiger partial charge on any atom is -0.297 e. The number of benzene rings is 3. The number of piperidine rings is 1. The van der Waals surface area contributed by atoms with Gasteiger partial charge in [-0.1, -0.05) is 67.6 Å². The van der Waals surface area contributed by atoms with Gasteiger partial charge in [0.05, 0.1) is 11.1 Å². The Bertz CT molecular complexity index is 1540. The van der Waals surface area contributed by atoms with Gasteiger partial charge in [0, 0.05) is 43.9 Å². The van der Waals surface area contributed by atoms with Crippen molar-refractivity contribution in [2.24, 2.45) is 10.9 Å². The lowest BCUT2D eigenvalue weighted by molar-refractivity contribution is -0.299. The standard InChI is InChI=1S/C34H41N4O2S/c1-26-35-32-16-10-11-17-33(32)38(26)24-27-22-29-18-19-30(23-27)37(29)21-20-34(2,28-12-6-4-7-13-28)25-36(3)41(39,40)31-14-8-5-9-15-31/h4-17,24,27,29-30H,18-23,25H2,1-3H3/q+1. The molecular formula is C34H41N4O2S+. The van der Waals surface area contributed by atoms with Gasteiger partial charge >= 0.3 is 5.84 Å². The van der Waals surface area contributed by atoms with Gasteiger partial charge in [-0.25, -0.2) is 12.7 Å². The molecule has 7 heteroatoms. The molecule has 2 bridgehead atoms. The Balaban J connectivity index is 1.17. The summed E-state index contributed by atoms with van der Waals surface area (Å²) >= 11 is 0. The Morgan fingerprint density at radius 3 is 2.24 bits per heavy atom. The number of amidine groups is 1. The van der Waals surface area contributed by atoms with E-state index in [4.69, 9.17) is 4.99 Å². The Morgan fingerprint density at radius 1 is 0.951 bits per heavy atom. The van der Waals surface area contributed by atoms with Gasteiger partial charge in [-0.05, 0) is 73.5 Å². The maximum absolute atomic E-state index is 13.4. The molecule has 3 aliphatic rings. The minimum atomic E-state index is -3.58. The summed E-state index contributed by atoms with van der Waals surface area (Å²) in [7, 11) is -1.86. The van der Waals surface area contributed by atoms with Gasteiger partial charge in [-0.15, -0.1) is 0 Å². The van der Waals surface area contributed by atoms with Crippen LogP contribution in [0.15, 0.2) is 94.8 Å². The summed E-state index contributed by atoms with van der Waals surface area (Å²) in [5.74, 6) is 1.58. The number of aliphatic imine (C=N–C) groups is 1. The number of likely N-dealkylation sites (N-methyl/N-ethyl adjacent to an activating group) is 1. The molecule has 3 heterocycles. The first-order valence-electron chi connectivity index (χ1n) is 14.9. The highest BCUT2D eigenvalue weighted by Crippen LogP contribution is 2.41. The molecule has 0 N–H and O–H groups in total. The van der Waals surface area contributed by atoms with E-state index < -0.39 is 10.0 Å². The summed E-state index contributed by atoms with van der Waals surface area (Å²) in [5.41, 5.74) is 3.12. The van der Waals surface area contributed by atoms with Gasteiger partial charge in [-0.2, -0.15) is 4.58 Å². The van der Waals surface area contributed by atoms with Crippen LogP contribution < -0.4 is 0 Å². The molecule has 3 aromatic rings. The number of sulfonamides is 1. The zero-order chi connectivity index (χ0) is 28.6. The molecular weight excluding hydrogens is 528 g/mol. The van der Waals surface area contributed by atoms with Crippen molar-refractivity contribution in [3.05, 3.63) is 90.5 Å². The SMILES string of the molecule is CC1=Nc2ccccc2[N+]1=CC1CC2CCC(C1)N2CCC(C)(CN(C)S(=O)(=O)c1ccccc1)c1ccccc1. The maximum atomic E-state index is 13.4. The van der Waals surface area contributed by atoms with Crippen LogP contribution in [0.4, 0.5) is 11.4 Å². The predicted molar refractivity (Wildman–Crippen MR) is 166 cm³/mol. The molecule has 6 nitrogen and oxygen atoms in total. The first-order valence-corrected chi connectivity index (χ1v) is 16.3. The second kappa shape index (κ2) is 11.3. The topological polar surface area (TPSA) is 56.0 Å². The summed E-state index contributed by atoms with van der Waals surface area (Å²) in [5, 5.41) is 0. The number of hydrogen-bond donors (Lipinski definition) is 0. The fraction of sp³-hybridized carbons (Fsp3) is 0.412. The number of hydrogen-bond acceptors (Lipinski definition) is 4. The van der Waals surface area contributed by atoms with E-state index in [0.29, 0.717) is 29.4 Å². The zero-order valence-electron chi connectivity index (χ0n) is 24.4. The summed E-state index contributed by atoms with van der Waals surface area (Å²) in [6.45, 7) is 5.73. The van der Waals surface area contributed by atoms with Gasteiger partial charge in [0.2, 0.25) is 15.7 Å². The molecule has 2 fully saturated rings. The quantitative estimate of drug-likeness (QED) is 0.281. The fourth-order valence-electron chi connectivity index (χ4n) is 7.25. The second-order valence-electron chi connectivity index (χ2n) is 12.3. The van der Waals surface area contributed by atoms with E-state index in [1.807, 2.05) is 12.1 Å². The fourth-order valence-corrected chi connectivity index (χ4v) is 8.56. The minimum absolute atomic E-state index is 0.312. The zero-order valence-corrected chi connectivity index (χ0v) is 25.2. The van der Waals surface area contributed by atoms with E-state index >= 15 is 0 Å². The van der Waals surface area contributed by atoms with E-state index in [-0.39, 0.29) is 5.41 Å². The van der Waals surface area contributed by atoms with E-state index in [0.717, 1.165) is 37.3 Å². The monoisotopic (exact) mass is 569 g/mol. The Hall–Kier alpha value is -3.13. The van der Waals surface area contributed by atoms with Crippen molar-refractivity contribution in [3.8, 4) is 0 Å². The highest BCUT2D eigenvalue weighted by molar-refractivity contribution is 7.89. The van der Waals surface area contributed by atoms with Crippen LogP contribution in [0.5, 0.6) is 0 Å². The average Bonchev–Trinajstić information content (AvgIpc) is 3.43. The first kappa shape index (κ1) is 28.0. The van der Waals surface area contributed by atoms with Crippen LogP contribution >= 0.6 is 0 Å². The third-order valence-electron chi connectivity index (χ3n) is 9.47. The highest BCUT2D eigenvalue weighted by Gasteiger charge is 2.43. The van der Waals surface area contributed by atoms with E-state index in [2.05, 4.69) is 78.1 Å². The summed E-state index contributed by atoms with van der Waals surface area (Å²) < 4.78 is 30.7. The summed E-state index contributed by atoms with van der Waals surface area (Å²) in [4.78, 5) is 7.84. The molecule has 41 heavy (non-hydrogen) atoms. The van der Waals surface area contributed by atoms with Crippen LogP contribution in [0.1, 0.15) is 51.5 Å². The Labute approximate surface area is 245 Å². The molecule has 6 rings (SSSR count). The molecule has 3 atom stereocenters. The van der Waals surface area contributed by atoms with Crippen LogP contribution in [0.3, 0.4) is 0 Å². The molecule has 0 radical (unpaired) electrons. The summed E-state index contributed by atoms with van der Waals surface area (Å²) in [6, 6.07) is 28.7. The lowest BCUT2D eigenvalue weighted by Crippen LogP contribution is -2.47. The van der Waals surface area contributed by atoms with E-state index in [9.17, 15) is 8.42 Å². The molecule has 0 spiro atoms. The second-order valence-corrected chi connectivity index (χ2v) is 14.3. The van der Waals surface area contributed by atoms with Crippen molar-refractivity contribution in [1.82, 2.24) is 9.21 Å². The average molecular weight is 570 g/mol. The molecule has 3 aromatic carbocycles. The van der Waals surface area contributed by atoms with Crippen LogP contribution in [0, 0.1) is 5.92 Å². The van der Waals surface area contributed by atoms with Crippen molar-refractivity contribution in [1.29, 1.82) is 0 Å². The molecule has 0 aliphatic carbocycles. The predicted octanol–water partition coefficient (Wildman–Crippen LogP) is 6.38. The van der Waals surface area contributed by atoms with Crippen LogP contribution in [0.25, 0.3) is 0 Å². The van der Waals surface area contributed by atoms with Crippen LogP contribution in [-0.2, 0) is 15.4 Å². The van der Waals surface area contributed by atoms with Crippen LogP contribution in [0.2, 0.25) is 0 Å². The van der Waals surface area contributed by atoms with Gasteiger partial charge in [0.1, 0.15) is 0 Å². The number of para-hydroxylation sites is 2. The molecule has 2 saturated heterocycles. The van der Waals surface area contributed by atoms with Gasteiger partial charge in [-0.3, -0.25) is 4.90 Å². The van der Waals surface area contributed by atoms with E-state index in [1.54, 1.807) is 35.6 Å². The Morgan fingerprint density at radius 2 is 1.56 bits per heavy atom.